The van der Waals surface area contributed by atoms with Crippen LogP contribution in [0.4, 0.5) is 10.1 Å². The Balaban J connectivity index is 1.83. The first-order chi connectivity index (χ1) is 8.24. The van der Waals surface area contributed by atoms with E-state index < -0.39 is 5.95 Å². The molecule has 6 nitrogen and oxygen atoms in total. The number of amides is 1. The van der Waals surface area contributed by atoms with Crippen LogP contribution in [0.5, 0.6) is 0 Å². The van der Waals surface area contributed by atoms with Gasteiger partial charge in [-0.1, -0.05) is 5.21 Å². The van der Waals surface area contributed by atoms with Gasteiger partial charge in [-0.15, -0.1) is 5.10 Å². The smallest absolute Gasteiger partial charge is 0.226 e. The summed E-state index contributed by atoms with van der Waals surface area (Å²) >= 11 is 0. The van der Waals surface area contributed by atoms with E-state index in [9.17, 15) is 9.18 Å². The van der Waals surface area contributed by atoms with Crippen molar-refractivity contribution in [2.24, 2.45) is 0 Å². The third-order valence-electron chi connectivity index (χ3n) is 2.05. The molecule has 2 aromatic heterocycles. The van der Waals surface area contributed by atoms with Gasteiger partial charge in [-0.05, 0) is 12.1 Å². The summed E-state index contributed by atoms with van der Waals surface area (Å²) in [5.41, 5.74) is 0.468. The van der Waals surface area contributed by atoms with Gasteiger partial charge in [0.25, 0.3) is 0 Å². The Kier molecular flexibility index (Phi) is 3.39. The van der Waals surface area contributed by atoms with Crippen LogP contribution in [0.15, 0.2) is 30.7 Å². The van der Waals surface area contributed by atoms with Crippen LogP contribution >= 0.6 is 0 Å². The predicted molar refractivity (Wildman–Crippen MR) is 57.5 cm³/mol. The van der Waals surface area contributed by atoms with E-state index in [4.69, 9.17) is 0 Å². The first-order valence-electron chi connectivity index (χ1n) is 4.99. The van der Waals surface area contributed by atoms with Gasteiger partial charge in [-0.3, -0.25) is 9.48 Å². The zero-order valence-corrected chi connectivity index (χ0v) is 8.88. The first-order valence-corrected chi connectivity index (χ1v) is 4.99. The van der Waals surface area contributed by atoms with Crippen LogP contribution in [0.3, 0.4) is 0 Å². The quantitative estimate of drug-likeness (QED) is 0.797. The molecule has 0 unspecified atom stereocenters. The molecule has 0 aliphatic heterocycles. The third-order valence-corrected chi connectivity index (χ3v) is 2.05. The average Bonchev–Trinajstić information content (AvgIpc) is 2.83. The molecule has 0 spiro atoms. The second-order valence-electron chi connectivity index (χ2n) is 3.33. The van der Waals surface area contributed by atoms with E-state index >= 15 is 0 Å². The van der Waals surface area contributed by atoms with E-state index in [2.05, 4.69) is 20.6 Å². The molecule has 88 valence electrons. The average molecular weight is 235 g/mol. The summed E-state index contributed by atoms with van der Waals surface area (Å²) in [6.45, 7) is 0.445. The van der Waals surface area contributed by atoms with Crippen LogP contribution < -0.4 is 5.32 Å². The van der Waals surface area contributed by atoms with Crippen LogP contribution in [0.25, 0.3) is 0 Å². The monoisotopic (exact) mass is 235 g/mol. The minimum atomic E-state index is -0.578. The molecule has 2 aromatic rings. The molecule has 0 aliphatic carbocycles. The fraction of sp³-hybridized carbons (Fsp3) is 0.200. The van der Waals surface area contributed by atoms with Gasteiger partial charge in [-0.25, -0.2) is 4.98 Å². The summed E-state index contributed by atoms with van der Waals surface area (Å²) in [5.74, 6) is -0.764. The van der Waals surface area contributed by atoms with Crippen molar-refractivity contribution in [3.8, 4) is 0 Å². The SMILES string of the molecule is O=C(CCn1ccnn1)Nc1ccc(F)nc1. The molecule has 17 heavy (non-hydrogen) atoms. The van der Waals surface area contributed by atoms with Crippen LogP contribution in [0, 0.1) is 5.95 Å². The Morgan fingerprint density at radius 3 is 3.00 bits per heavy atom. The summed E-state index contributed by atoms with van der Waals surface area (Å²) in [4.78, 5) is 14.9. The molecule has 1 N–H and O–H groups in total. The number of nitrogens with one attached hydrogen (secondary N) is 1. The third kappa shape index (κ3) is 3.33. The highest BCUT2D eigenvalue weighted by atomic mass is 19.1. The van der Waals surface area contributed by atoms with Gasteiger partial charge in [0.05, 0.1) is 24.6 Å². The van der Waals surface area contributed by atoms with Gasteiger partial charge in [0, 0.05) is 12.6 Å². The zero-order valence-electron chi connectivity index (χ0n) is 8.88. The standard InChI is InChI=1S/C10H10FN5O/c11-9-2-1-8(7-12-9)14-10(17)3-5-16-6-4-13-15-16/h1-2,4,6-7H,3,5H2,(H,14,17). The van der Waals surface area contributed by atoms with Crippen molar-refractivity contribution < 1.29 is 9.18 Å². The van der Waals surface area contributed by atoms with E-state index in [1.165, 1.54) is 18.3 Å². The molecule has 0 bridgehead atoms. The number of hydrogen-bond donors (Lipinski definition) is 1. The lowest BCUT2D eigenvalue weighted by Crippen LogP contribution is -2.15. The van der Waals surface area contributed by atoms with E-state index in [-0.39, 0.29) is 12.3 Å². The minimum absolute atomic E-state index is 0.186. The number of aromatic nitrogens is 4. The van der Waals surface area contributed by atoms with Crippen LogP contribution in [0.2, 0.25) is 0 Å². The van der Waals surface area contributed by atoms with Crippen molar-refractivity contribution in [2.45, 2.75) is 13.0 Å². The van der Waals surface area contributed by atoms with Gasteiger partial charge in [0.2, 0.25) is 11.9 Å². The lowest BCUT2D eigenvalue weighted by Gasteiger charge is -2.04. The van der Waals surface area contributed by atoms with Crippen LogP contribution in [-0.2, 0) is 11.3 Å². The molecule has 0 fully saturated rings. The second kappa shape index (κ2) is 5.15. The molecular formula is C10H10FN5O. The Hall–Kier alpha value is -2.31. The zero-order chi connectivity index (χ0) is 12.1. The number of carbonyl (C=O) groups is 1. The molecule has 0 atom stereocenters. The van der Waals surface area contributed by atoms with Crippen molar-refractivity contribution in [1.82, 2.24) is 20.0 Å². The molecule has 0 radical (unpaired) electrons. The Bertz CT molecular complexity index is 482. The molecule has 0 saturated heterocycles. The number of halogens is 1. The second-order valence-corrected chi connectivity index (χ2v) is 3.33. The largest absolute Gasteiger partial charge is 0.325 e. The van der Waals surface area contributed by atoms with Crippen molar-refractivity contribution in [1.29, 1.82) is 0 Å². The Morgan fingerprint density at radius 1 is 1.47 bits per heavy atom. The van der Waals surface area contributed by atoms with Gasteiger partial charge in [-0.2, -0.15) is 4.39 Å². The molecule has 0 aromatic carbocycles. The molecule has 2 heterocycles. The van der Waals surface area contributed by atoms with Crippen molar-refractivity contribution >= 4 is 11.6 Å². The number of nitrogens with zero attached hydrogens (tertiary/aromatic N) is 4. The van der Waals surface area contributed by atoms with Crippen molar-refractivity contribution in [2.75, 3.05) is 5.32 Å². The van der Waals surface area contributed by atoms with Crippen LogP contribution in [0.1, 0.15) is 6.42 Å². The molecule has 0 saturated carbocycles. The van der Waals surface area contributed by atoms with Crippen molar-refractivity contribution in [3.63, 3.8) is 0 Å². The lowest BCUT2D eigenvalue weighted by molar-refractivity contribution is -0.116. The number of anilines is 1. The number of carbonyl (C=O) groups excluding carboxylic acids is 1. The maximum absolute atomic E-state index is 12.5. The highest BCUT2D eigenvalue weighted by molar-refractivity contribution is 5.90. The normalized spacial score (nSPS) is 10.2. The van der Waals surface area contributed by atoms with Gasteiger partial charge in [0.1, 0.15) is 0 Å². The summed E-state index contributed by atoms with van der Waals surface area (Å²) in [6, 6.07) is 2.64. The van der Waals surface area contributed by atoms with Crippen molar-refractivity contribution in [3.05, 3.63) is 36.7 Å². The highest BCUT2D eigenvalue weighted by Crippen LogP contribution is 2.05. The van der Waals surface area contributed by atoms with E-state index in [0.717, 1.165) is 0 Å². The molecular weight excluding hydrogens is 225 g/mol. The summed E-state index contributed by atoms with van der Waals surface area (Å²) in [6.07, 6.45) is 4.75. The maximum atomic E-state index is 12.5. The Labute approximate surface area is 96.5 Å². The number of hydrogen-bond acceptors (Lipinski definition) is 4. The summed E-state index contributed by atoms with van der Waals surface area (Å²) in [5, 5.41) is 9.96. The molecule has 2 rings (SSSR count). The van der Waals surface area contributed by atoms with Gasteiger partial charge < -0.3 is 5.32 Å². The number of rotatable bonds is 4. The molecule has 1 amide bonds. The summed E-state index contributed by atoms with van der Waals surface area (Å²) < 4.78 is 14.1. The molecule has 0 aliphatic rings. The maximum Gasteiger partial charge on any atom is 0.226 e. The van der Waals surface area contributed by atoms with Crippen LogP contribution in [-0.4, -0.2) is 25.9 Å². The first kappa shape index (κ1) is 11.2. The van der Waals surface area contributed by atoms with E-state index in [1.54, 1.807) is 17.1 Å². The highest BCUT2D eigenvalue weighted by Gasteiger charge is 2.03. The Morgan fingerprint density at radius 2 is 2.35 bits per heavy atom. The fourth-order valence-electron chi connectivity index (χ4n) is 1.24. The minimum Gasteiger partial charge on any atom is -0.325 e. The summed E-state index contributed by atoms with van der Waals surface area (Å²) in [7, 11) is 0. The van der Waals surface area contributed by atoms with E-state index in [1.807, 2.05) is 0 Å². The topological polar surface area (TPSA) is 72.7 Å². The van der Waals surface area contributed by atoms with Gasteiger partial charge >= 0.3 is 0 Å². The lowest BCUT2D eigenvalue weighted by atomic mass is 10.3. The predicted octanol–water partition coefficient (Wildman–Crippen LogP) is 0.841. The number of pyridine rings is 1. The van der Waals surface area contributed by atoms with E-state index in [0.29, 0.717) is 12.2 Å². The molecule has 7 heteroatoms. The van der Waals surface area contributed by atoms with Gasteiger partial charge in [0.15, 0.2) is 0 Å². The number of aryl methyl sites for hydroxylation is 1. The fourth-order valence-corrected chi connectivity index (χ4v) is 1.24.